The third-order valence-corrected chi connectivity index (χ3v) is 3.97. The normalized spacial score (nSPS) is 12.3. The van der Waals surface area contributed by atoms with E-state index in [4.69, 9.17) is 10.4 Å². The van der Waals surface area contributed by atoms with Crippen LogP contribution in [-0.4, -0.2) is 27.9 Å². The number of hydrogen-bond acceptors (Lipinski definition) is 4. The van der Waals surface area contributed by atoms with Crippen LogP contribution >= 0.6 is 15.9 Å². The maximum Gasteiger partial charge on any atom is 0.417 e. The van der Waals surface area contributed by atoms with Crippen molar-refractivity contribution in [3.8, 4) is 6.07 Å². The Labute approximate surface area is 157 Å². The SMILES string of the molecule is CC(C)(O)C(N)=O.CC(CBr)C(=O)Nc1ccc(C#N)c(C(F)(F)F)c1. The van der Waals surface area contributed by atoms with Crippen molar-refractivity contribution in [1.29, 1.82) is 5.26 Å². The van der Waals surface area contributed by atoms with Gasteiger partial charge in [0.25, 0.3) is 0 Å². The number of carbonyl (C=O) groups excluding carboxylic acids is 2. The van der Waals surface area contributed by atoms with Gasteiger partial charge in [0, 0.05) is 16.9 Å². The molecule has 0 fully saturated rings. The third-order valence-electron chi connectivity index (χ3n) is 2.99. The zero-order valence-corrected chi connectivity index (χ0v) is 15.9. The summed E-state index contributed by atoms with van der Waals surface area (Å²) in [5.41, 5.74) is 1.81. The summed E-state index contributed by atoms with van der Waals surface area (Å²) in [4.78, 5) is 21.6. The summed E-state index contributed by atoms with van der Waals surface area (Å²) < 4.78 is 38.1. The topological polar surface area (TPSA) is 116 Å². The smallest absolute Gasteiger partial charge is 0.381 e. The minimum atomic E-state index is -4.63. The fourth-order valence-electron chi connectivity index (χ4n) is 1.29. The molecule has 0 aliphatic carbocycles. The Morgan fingerprint density at radius 3 is 2.23 bits per heavy atom. The molecule has 0 aliphatic heterocycles. The first-order valence-electron chi connectivity index (χ1n) is 7.24. The van der Waals surface area contributed by atoms with Crippen molar-refractivity contribution in [2.75, 3.05) is 10.6 Å². The van der Waals surface area contributed by atoms with Crippen LogP contribution in [0.25, 0.3) is 0 Å². The van der Waals surface area contributed by atoms with E-state index in [1.165, 1.54) is 26.0 Å². The fraction of sp³-hybridized carbons (Fsp3) is 0.438. The molecule has 1 unspecified atom stereocenters. The van der Waals surface area contributed by atoms with Crippen LogP contribution in [0.2, 0.25) is 0 Å². The van der Waals surface area contributed by atoms with Gasteiger partial charge in [-0.1, -0.05) is 22.9 Å². The van der Waals surface area contributed by atoms with E-state index in [0.29, 0.717) is 5.33 Å². The summed E-state index contributed by atoms with van der Waals surface area (Å²) in [6, 6.07) is 4.55. The molecule has 0 spiro atoms. The summed E-state index contributed by atoms with van der Waals surface area (Å²) in [7, 11) is 0. The van der Waals surface area contributed by atoms with E-state index in [2.05, 4.69) is 27.0 Å². The van der Waals surface area contributed by atoms with Crippen molar-refractivity contribution in [2.45, 2.75) is 32.5 Å². The molecule has 4 N–H and O–H groups in total. The minimum absolute atomic E-state index is 0.0177. The number of hydrogen-bond donors (Lipinski definition) is 3. The molecule has 10 heteroatoms. The summed E-state index contributed by atoms with van der Waals surface area (Å²) in [5.74, 6) is -1.47. The van der Waals surface area contributed by atoms with Crippen molar-refractivity contribution in [2.24, 2.45) is 11.7 Å². The molecule has 1 atom stereocenters. The highest BCUT2D eigenvalue weighted by atomic mass is 79.9. The van der Waals surface area contributed by atoms with Crippen molar-refractivity contribution in [1.82, 2.24) is 0 Å². The van der Waals surface area contributed by atoms with Gasteiger partial charge >= 0.3 is 6.18 Å². The first-order chi connectivity index (χ1) is 11.7. The highest BCUT2D eigenvalue weighted by Gasteiger charge is 2.34. The molecule has 0 radical (unpaired) electrons. The number of aliphatic hydroxyl groups is 1. The molecule has 1 aromatic carbocycles. The number of amides is 2. The highest BCUT2D eigenvalue weighted by molar-refractivity contribution is 9.09. The molecule has 2 amide bonds. The fourth-order valence-corrected chi connectivity index (χ4v) is 1.58. The summed E-state index contributed by atoms with van der Waals surface area (Å²) >= 11 is 3.11. The van der Waals surface area contributed by atoms with E-state index in [-0.39, 0.29) is 11.6 Å². The summed E-state index contributed by atoms with van der Waals surface area (Å²) in [6.45, 7) is 4.32. The second-order valence-electron chi connectivity index (χ2n) is 5.84. The number of primary amides is 1. The molecular weight excluding hydrogens is 419 g/mol. The number of benzene rings is 1. The molecule has 0 heterocycles. The number of rotatable bonds is 4. The zero-order valence-electron chi connectivity index (χ0n) is 14.3. The van der Waals surface area contributed by atoms with Crippen LogP contribution in [0.5, 0.6) is 0 Å². The van der Waals surface area contributed by atoms with Crippen LogP contribution in [0.4, 0.5) is 18.9 Å². The van der Waals surface area contributed by atoms with Crippen LogP contribution in [0.3, 0.4) is 0 Å². The number of halogens is 4. The Bertz CT molecular complexity index is 695. The average Bonchev–Trinajstić information content (AvgIpc) is 2.52. The molecule has 144 valence electrons. The molecule has 0 saturated heterocycles. The average molecular weight is 438 g/mol. The predicted octanol–water partition coefficient (Wildman–Crippen LogP) is 2.79. The maximum absolute atomic E-state index is 12.7. The van der Waals surface area contributed by atoms with E-state index >= 15 is 0 Å². The molecular formula is C16H19BrF3N3O3. The predicted molar refractivity (Wildman–Crippen MR) is 93.2 cm³/mol. The standard InChI is InChI=1S/C12H10BrF3N2O.C4H9NO2/c1-7(5-13)11(19)18-9-3-2-8(6-17)10(4-9)12(14,15)16;1-4(2,7)3(5)6/h2-4,7H,5H2,1H3,(H,18,19);7H,1-2H3,(H2,5,6). The van der Waals surface area contributed by atoms with Crippen LogP contribution in [0, 0.1) is 17.2 Å². The van der Waals surface area contributed by atoms with Crippen LogP contribution in [-0.2, 0) is 15.8 Å². The second kappa shape index (κ2) is 9.54. The van der Waals surface area contributed by atoms with Crippen molar-refractivity contribution < 1.29 is 27.9 Å². The van der Waals surface area contributed by atoms with Crippen LogP contribution < -0.4 is 11.1 Å². The van der Waals surface area contributed by atoms with E-state index in [9.17, 15) is 22.8 Å². The first kappa shape index (κ1) is 23.9. The largest absolute Gasteiger partial charge is 0.417 e. The lowest BCUT2D eigenvalue weighted by molar-refractivity contribution is -0.137. The zero-order chi connectivity index (χ0) is 20.7. The van der Waals surface area contributed by atoms with Crippen LogP contribution in [0.15, 0.2) is 18.2 Å². The van der Waals surface area contributed by atoms with Crippen molar-refractivity contribution in [3.05, 3.63) is 29.3 Å². The molecule has 1 rings (SSSR count). The first-order valence-corrected chi connectivity index (χ1v) is 8.36. The molecule has 0 aromatic heterocycles. The van der Waals surface area contributed by atoms with Crippen LogP contribution in [0.1, 0.15) is 31.9 Å². The highest BCUT2D eigenvalue weighted by Crippen LogP contribution is 2.33. The van der Waals surface area contributed by atoms with E-state index < -0.39 is 34.7 Å². The molecule has 6 nitrogen and oxygen atoms in total. The van der Waals surface area contributed by atoms with Crippen molar-refractivity contribution in [3.63, 3.8) is 0 Å². The lowest BCUT2D eigenvalue weighted by atomic mass is 10.1. The number of nitrogens with two attached hydrogens (primary N) is 1. The molecule has 0 aliphatic rings. The Balaban J connectivity index is 0.000000758. The van der Waals surface area contributed by atoms with Gasteiger partial charge in [0.05, 0.1) is 17.2 Å². The Hall–Kier alpha value is -2.12. The second-order valence-corrected chi connectivity index (χ2v) is 6.49. The summed E-state index contributed by atoms with van der Waals surface area (Å²) in [5, 5.41) is 20.0. The van der Waals surface area contributed by atoms with Gasteiger partial charge in [-0.25, -0.2) is 0 Å². The number of nitriles is 1. The lowest BCUT2D eigenvalue weighted by Crippen LogP contribution is -2.37. The van der Waals surface area contributed by atoms with Crippen molar-refractivity contribution >= 4 is 33.4 Å². The number of alkyl halides is 4. The maximum atomic E-state index is 12.7. The lowest BCUT2D eigenvalue weighted by Gasteiger charge is -2.13. The molecule has 26 heavy (non-hydrogen) atoms. The Morgan fingerprint density at radius 2 is 1.88 bits per heavy atom. The van der Waals surface area contributed by atoms with E-state index in [1.54, 1.807) is 6.92 Å². The van der Waals surface area contributed by atoms with Gasteiger partial charge in [0.1, 0.15) is 5.60 Å². The number of anilines is 1. The summed E-state index contributed by atoms with van der Waals surface area (Å²) in [6.07, 6.45) is -4.63. The Morgan fingerprint density at radius 1 is 1.38 bits per heavy atom. The third kappa shape index (κ3) is 7.84. The van der Waals surface area contributed by atoms with Gasteiger partial charge < -0.3 is 16.2 Å². The van der Waals surface area contributed by atoms with Gasteiger partial charge in [-0.05, 0) is 32.0 Å². The van der Waals surface area contributed by atoms with Gasteiger partial charge in [-0.3, -0.25) is 9.59 Å². The Kier molecular flexibility index (Phi) is 8.76. The number of nitrogens with zero attached hydrogens (tertiary/aromatic N) is 1. The molecule has 1 aromatic rings. The minimum Gasteiger partial charge on any atom is -0.381 e. The number of carbonyl (C=O) groups is 2. The van der Waals surface area contributed by atoms with Gasteiger partial charge in [-0.2, -0.15) is 18.4 Å². The molecule has 0 saturated carbocycles. The van der Waals surface area contributed by atoms with E-state index in [0.717, 1.165) is 12.1 Å². The van der Waals surface area contributed by atoms with Gasteiger partial charge in [0.2, 0.25) is 11.8 Å². The van der Waals surface area contributed by atoms with Gasteiger partial charge in [0.15, 0.2) is 0 Å². The quantitative estimate of drug-likeness (QED) is 0.627. The van der Waals surface area contributed by atoms with Gasteiger partial charge in [-0.15, -0.1) is 0 Å². The van der Waals surface area contributed by atoms with E-state index in [1.807, 2.05) is 0 Å². The number of nitrogens with one attached hydrogen (secondary N) is 1. The molecule has 0 bridgehead atoms. The monoisotopic (exact) mass is 437 g/mol.